The average Bonchev–Trinajstić information content (AvgIpc) is 2.92. The first-order chi connectivity index (χ1) is 12.4. The number of hydrogen-bond acceptors (Lipinski definition) is 5. The van der Waals surface area contributed by atoms with E-state index in [1.807, 2.05) is 20.8 Å². The largest absolute Gasteiger partial charge is 0.444 e. The molecule has 2 saturated heterocycles. The van der Waals surface area contributed by atoms with Crippen LogP contribution >= 0.6 is 0 Å². The molecule has 2 aliphatic rings. The van der Waals surface area contributed by atoms with Crippen molar-refractivity contribution in [3.8, 4) is 0 Å². The predicted molar refractivity (Wildman–Crippen MR) is 95.5 cm³/mol. The topological polar surface area (TPSA) is 77.2 Å². The van der Waals surface area contributed by atoms with Crippen LogP contribution in [-0.4, -0.2) is 60.8 Å². The molecule has 0 aromatic heterocycles. The number of carbonyl (C=O) groups excluding carboxylic acids is 1. The van der Waals surface area contributed by atoms with Gasteiger partial charge in [0.15, 0.2) is 0 Å². The number of nitrogens with zero attached hydrogens (tertiary/aromatic N) is 2. The molecule has 1 atom stereocenters. The highest BCUT2D eigenvalue weighted by atomic mass is 19.4. The van der Waals surface area contributed by atoms with Gasteiger partial charge in [-0.25, -0.2) is 4.79 Å². The molecular formula is C18H28F3N3O3. The number of halogens is 3. The lowest BCUT2D eigenvalue weighted by Crippen LogP contribution is -2.47. The Kier molecular flexibility index (Phi) is 6.44. The highest BCUT2D eigenvalue weighted by Gasteiger charge is 2.43. The smallest absolute Gasteiger partial charge is 0.419 e. The number of likely N-dealkylation sites (tertiary alicyclic amines) is 1. The van der Waals surface area contributed by atoms with E-state index in [0.29, 0.717) is 38.7 Å². The molecule has 1 amide bonds. The molecule has 27 heavy (non-hydrogen) atoms. The Hall–Kier alpha value is -1.77. The maximum atomic E-state index is 12.6. The fraction of sp³-hybridized carbons (Fsp3) is 0.778. The standard InChI is InChI=1S/C18H28F3N3O3/c1-16(2,3)27-15(25)24-6-4-17(5-7-24)8-13(12-26-17)10-23-11-14(9-22)18(19,20)21/h9,11,13H,4-8,10,12,22H2,1-3H3. The third-order valence-corrected chi connectivity index (χ3v) is 4.71. The molecule has 2 heterocycles. The summed E-state index contributed by atoms with van der Waals surface area (Å²) in [7, 11) is 0. The van der Waals surface area contributed by atoms with Crippen LogP contribution in [0.5, 0.6) is 0 Å². The molecule has 154 valence electrons. The van der Waals surface area contributed by atoms with Gasteiger partial charge in [-0.2, -0.15) is 13.2 Å². The van der Waals surface area contributed by atoms with E-state index in [1.165, 1.54) is 0 Å². The van der Waals surface area contributed by atoms with Crippen molar-refractivity contribution in [2.24, 2.45) is 16.6 Å². The van der Waals surface area contributed by atoms with E-state index < -0.39 is 17.4 Å². The molecular weight excluding hydrogens is 363 g/mol. The zero-order valence-corrected chi connectivity index (χ0v) is 16.0. The van der Waals surface area contributed by atoms with Crippen molar-refractivity contribution in [3.05, 3.63) is 11.8 Å². The Morgan fingerprint density at radius 2 is 1.96 bits per heavy atom. The molecule has 2 aliphatic heterocycles. The summed E-state index contributed by atoms with van der Waals surface area (Å²) in [6.07, 6.45) is -1.45. The van der Waals surface area contributed by atoms with Gasteiger partial charge in [0.2, 0.25) is 0 Å². The van der Waals surface area contributed by atoms with Crippen LogP contribution in [0.2, 0.25) is 0 Å². The summed E-state index contributed by atoms with van der Waals surface area (Å²) in [6, 6.07) is 0. The molecule has 0 aromatic rings. The second-order valence-electron chi connectivity index (χ2n) is 8.15. The minimum absolute atomic E-state index is 0.0570. The van der Waals surface area contributed by atoms with Gasteiger partial charge in [0.25, 0.3) is 0 Å². The number of carbonyl (C=O) groups is 1. The summed E-state index contributed by atoms with van der Waals surface area (Å²) in [4.78, 5) is 17.7. The number of amides is 1. The number of alkyl halides is 3. The van der Waals surface area contributed by atoms with E-state index >= 15 is 0 Å². The van der Waals surface area contributed by atoms with Crippen LogP contribution in [-0.2, 0) is 9.47 Å². The fourth-order valence-corrected chi connectivity index (χ4v) is 3.34. The summed E-state index contributed by atoms with van der Waals surface area (Å²) in [6.45, 7) is 7.27. The van der Waals surface area contributed by atoms with E-state index in [2.05, 4.69) is 4.99 Å². The van der Waals surface area contributed by atoms with Crippen molar-refractivity contribution in [2.75, 3.05) is 26.2 Å². The van der Waals surface area contributed by atoms with Crippen LogP contribution in [0, 0.1) is 5.92 Å². The molecule has 1 spiro atoms. The van der Waals surface area contributed by atoms with Crippen LogP contribution in [0.4, 0.5) is 18.0 Å². The molecule has 0 bridgehead atoms. The summed E-state index contributed by atoms with van der Waals surface area (Å²) >= 11 is 0. The molecule has 0 radical (unpaired) electrons. The number of piperidine rings is 1. The van der Waals surface area contributed by atoms with E-state index in [4.69, 9.17) is 15.2 Å². The number of aliphatic imine (C=N–C) groups is 1. The van der Waals surface area contributed by atoms with Gasteiger partial charge >= 0.3 is 12.3 Å². The first kappa shape index (κ1) is 21.5. The molecule has 2 rings (SSSR count). The number of hydrogen-bond donors (Lipinski definition) is 1. The fourth-order valence-electron chi connectivity index (χ4n) is 3.34. The molecule has 9 heteroatoms. The molecule has 2 fully saturated rings. The summed E-state index contributed by atoms with van der Waals surface area (Å²) in [5.41, 5.74) is 3.18. The monoisotopic (exact) mass is 391 g/mol. The first-order valence-corrected chi connectivity index (χ1v) is 9.05. The average molecular weight is 391 g/mol. The lowest BCUT2D eigenvalue weighted by atomic mass is 9.85. The highest BCUT2D eigenvalue weighted by molar-refractivity contribution is 5.80. The van der Waals surface area contributed by atoms with Crippen molar-refractivity contribution in [3.63, 3.8) is 0 Å². The highest BCUT2D eigenvalue weighted by Crippen LogP contribution is 2.39. The zero-order valence-electron chi connectivity index (χ0n) is 16.0. The Morgan fingerprint density at radius 3 is 2.48 bits per heavy atom. The normalized spacial score (nSPS) is 24.0. The third-order valence-electron chi connectivity index (χ3n) is 4.71. The van der Waals surface area contributed by atoms with Crippen molar-refractivity contribution in [1.82, 2.24) is 4.90 Å². The Balaban J connectivity index is 1.82. The maximum absolute atomic E-state index is 12.6. The van der Waals surface area contributed by atoms with E-state index in [9.17, 15) is 18.0 Å². The quantitative estimate of drug-likeness (QED) is 0.749. The second-order valence-corrected chi connectivity index (χ2v) is 8.15. The SMILES string of the molecule is CC(C)(C)OC(=O)N1CCC2(CC1)CC(CN=CC(=CN)C(F)(F)F)CO2. The van der Waals surface area contributed by atoms with Crippen molar-refractivity contribution in [1.29, 1.82) is 0 Å². The maximum Gasteiger partial charge on any atom is 0.419 e. The number of allylic oxidation sites excluding steroid dienone is 1. The van der Waals surface area contributed by atoms with Gasteiger partial charge in [0.1, 0.15) is 5.60 Å². The molecule has 0 aliphatic carbocycles. The molecule has 1 unspecified atom stereocenters. The molecule has 0 aromatic carbocycles. The van der Waals surface area contributed by atoms with Gasteiger partial charge < -0.3 is 20.1 Å². The molecule has 6 nitrogen and oxygen atoms in total. The molecule has 2 N–H and O–H groups in total. The van der Waals surface area contributed by atoms with Gasteiger partial charge in [0, 0.05) is 38.0 Å². The van der Waals surface area contributed by atoms with Crippen LogP contribution in [0.1, 0.15) is 40.0 Å². The van der Waals surface area contributed by atoms with Gasteiger partial charge in [-0.05, 0) is 40.0 Å². The minimum atomic E-state index is -4.50. The van der Waals surface area contributed by atoms with Crippen molar-refractivity contribution in [2.45, 2.75) is 57.4 Å². The number of rotatable bonds is 3. The second kappa shape index (κ2) is 8.08. The van der Waals surface area contributed by atoms with Gasteiger partial charge in [0.05, 0.1) is 17.8 Å². The van der Waals surface area contributed by atoms with Gasteiger partial charge in [-0.15, -0.1) is 0 Å². The van der Waals surface area contributed by atoms with Crippen LogP contribution < -0.4 is 5.73 Å². The first-order valence-electron chi connectivity index (χ1n) is 9.05. The third kappa shape index (κ3) is 6.12. The lowest BCUT2D eigenvalue weighted by molar-refractivity contribution is -0.0858. The van der Waals surface area contributed by atoms with Gasteiger partial charge in [-0.3, -0.25) is 4.99 Å². The van der Waals surface area contributed by atoms with Crippen LogP contribution in [0.25, 0.3) is 0 Å². The lowest BCUT2D eigenvalue weighted by Gasteiger charge is -2.39. The number of ether oxygens (including phenoxy) is 2. The van der Waals surface area contributed by atoms with Crippen LogP contribution in [0.3, 0.4) is 0 Å². The molecule has 0 saturated carbocycles. The van der Waals surface area contributed by atoms with E-state index in [0.717, 1.165) is 12.6 Å². The Labute approximate surface area is 157 Å². The van der Waals surface area contributed by atoms with Crippen molar-refractivity contribution >= 4 is 12.3 Å². The van der Waals surface area contributed by atoms with E-state index in [-0.39, 0.29) is 24.2 Å². The summed E-state index contributed by atoms with van der Waals surface area (Å²) < 4.78 is 49.2. The van der Waals surface area contributed by atoms with E-state index in [1.54, 1.807) is 4.90 Å². The van der Waals surface area contributed by atoms with Crippen LogP contribution in [0.15, 0.2) is 16.8 Å². The zero-order chi connectivity index (χ0) is 20.3. The predicted octanol–water partition coefficient (Wildman–Crippen LogP) is 3.27. The number of nitrogens with two attached hydrogens (primary N) is 1. The minimum Gasteiger partial charge on any atom is -0.444 e. The van der Waals surface area contributed by atoms with Crippen molar-refractivity contribution < 1.29 is 27.4 Å². The summed E-state index contributed by atoms with van der Waals surface area (Å²) in [5, 5.41) is 0. The van der Waals surface area contributed by atoms with Gasteiger partial charge in [-0.1, -0.05) is 0 Å². The Bertz CT molecular complexity index is 589. The summed E-state index contributed by atoms with van der Waals surface area (Å²) in [5.74, 6) is 0.0570. The Morgan fingerprint density at radius 1 is 1.33 bits per heavy atom.